The van der Waals surface area contributed by atoms with Gasteiger partial charge in [0.15, 0.2) is 0 Å². The quantitative estimate of drug-likeness (QED) is 0.542. The topological polar surface area (TPSA) is 29.4 Å². The van der Waals surface area contributed by atoms with E-state index in [2.05, 4.69) is 24.9 Å². The molecule has 1 aromatic carbocycles. The minimum Gasteiger partial charge on any atom is -0.211 e. The number of rotatable bonds is 3. The van der Waals surface area contributed by atoms with Crippen molar-refractivity contribution >= 4 is 11.8 Å². The summed E-state index contributed by atoms with van der Waals surface area (Å²) in [7, 11) is 0. The van der Waals surface area contributed by atoms with Crippen molar-refractivity contribution in [2.75, 3.05) is 0 Å². The summed E-state index contributed by atoms with van der Waals surface area (Å²) in [6, 6.07) is 6.22. The van der Waals surface area contributed by atoms with Gasteiger partial charge in [-0.15, -0.1) is 0 Å². The largest absolute Gasteiger partial charge is 0.240 e. The SMILES string of the molecule is CC(C)c1cc(N=C=O)cc(C2CC2)c1. The average molecular weight is 201 g/mol. The predicted octanol–water partition coefficient (Wildman–Crippen LogP) is 3.65. The van der Waals surface area contributed by atoms with E-state index in [4.69, 9.17) is 0 Å². The Morgan fingerprint density at radius 2 is 2.07 bits per heavy atom. The van der Waals surface area contributed by atoms with Gasteiger partial charge in [-0.25, -0.2) is 4.79 Å². The number of hydrogen-bond donors (Lipinski definition) is 0. The third-order valence-electron chi connectivity index (χ3n) is 2.85. The van der Waals surface area contributed by atoms with Gasteiger partial charge in [0.2, 0.25) is 6.08 Å². The molecule has 1 fully saturated rings. The van der Waals surface area contributed by atoms with Crippen molar-refractivity contribution in [3.63, 3.8) is 0 Å². The second-order valence-corrected chi connectivity index (χ2v) is 4.49. The maximum atomic E-state index is 10.3. The lowest BCUT2D eigenvalue weighted by Crippen LogP contribution is -1.89. The highest BCUT2D eigenvalue weighted by Crippen LogP contribution is 2.42. The summed E-state index contributed by atoms with van der Waals surface area (Å²) < 4.78 is 0. The lowest BCUT2D eigenvalue weighted by atomic mass is 9.98. The molecule has 0 atom stereocenters. The summed E-state index contributed by atoms with van der Waals surface area (Å²) in [6.07, 6.45) is 4.15. The van der Waals surface area contributed by atoms with Gasteiger partial charge in [-0.05, 0) is 47.9 Å². The fourth-order valence-electron chi connectivity index (χ4n) is 1.76. The molecule has 0 saturated heterocycles. The van der Waals surface area contributed by atoms with E-state index in [1.807, 2.05) is 12.1 Å². The molecule has 0 bridgehead atoms. The molecule has 0 unspecified atom stereocenters. The lowest BCUT2D eigenvalue weighted by molar-refractivity contribution is 0.565. The molecule has 2 heteroatoms. The van der Waals surface area contributed by atoms with Crippen molar-refractivity contribution in [2.24, 2.45) is 4.99 Å². The third-order valence-corrected chi connectivity index (χ3v) is 2.85. The van der Waals surface area contributed by atoms with E-state index in [9.17, 15) is 4.79 Å². The van der Waals surface area contributed by atoms with Gasteiger partial charge in [-0.1, -0.05) is 19.9 Å². The predicted molar refractivity (Wildman–Crippen MR) is 60.3 cm³/mol. The van der Waals surface area contributed by atoms with E-state index in [1.165, 1.54) is 24.0 Å². The van der Waals surface area contributed by atoms with Crippen molar-refractivity contribution in [2.45, 2.75) is 38.5 Å². The van der Waals surface area contributed by atoms with Crippen LogP contribution in [0.4, 0.5) is 5.69 Å². The van der Waals surface area contributed by atoms with E-state index in [1.54, 1.807) is 6.08 Å². The van der Waals surface area contributed by atoms with Crippen LogP contribution in [0.3, 0.4) is 0 Å². The van der Waals surface area contributed by atoms with Gasteiger partial charge < -0.3 is 0 Å². The molecule has 2 rings (SSSR count). The van der Waals surface area contributed by atoms with Gasteiger partial charge in [0, 0.05) is 0 Å². The van der Waals surface area contributed by atoms with Crippen molar-refractivity contribution in [1.29, 1.82) is 0 Å². The molecule has 15 heavy (non-hydrogen) atoms. The third kappa shape index (κ3) is 2.34. The molecular formula is C13H15NO. The monoisotopic (exact) mass is 201 g/mol. The van der Waals surface area contributed by atoms with E-state index < -0.39 is 0 Å². The Kier molecular flexibility index (Phi) is 2.70. The minimum absolute atomic E-state index is 0.476. The maximum Gasteiger partial charge on any atom is 0.240 e. The number of isocyanates is 1. The number of hydrogen-bond acceptors (Lipinski definition) is 2. The van der Waals surface area contributed by atoms with E-state index in [0.29, 0.717) is 11.8 Å². The molecular weight excluding hydrogens is 186 g/mol. The fourth-order valence-corrected chi connectivity index (χ4v) is 1.76. The van der Waals surface area contributed by atoms with Crippen LogP contribution in [0.25, 0.3) is 0 Å². The minimum atomic E-state index is 0.476. The molecule has 0 aromatic heterocycles. The van der Waals surface area contributed by atoms with Crippen LogP contribution >= 0.6 is 0 Å². The molecule has 0 spiro atoms. The Morgan fingerprint density at radius 1 is 1.33 bits per heavy atom. The van der Waals surface area contributed by atoms with E-state index in [0.717, 1.165) is 5.69 Å². The second-order valence-electron chi connectivity index (χ2n) is 4.49. The first kappa shape index (κ1) is 10.1. The highest BCUT2D eigenvalue weighted by Gasteiger charge is 2.24. The molecule has 1 aromatic rings. The number of nitrogens with zero attached hydrogens (tertiary/aromatic N) is 1. The highest BCUT2D eigenvalue weighted by molar-refractivity contribution is 5.53. The van der Waals surface area contributed by atoms with Crippen LogP contribution < -0.4 is 0 Å². The summed E-state index contributed by atoms with van der Waals surface area (Å²) in [5.74, 6) is 1.17. The smallest absolute Gasteiger partial charge is 0.211 e. The fraction of sp³-hybridized carbons (Fsp3) is 0.462. The lowest BCUT2D eigenvalue weighted by Gasteiger charge is -2.08. The molecule has 2 nitrogen and oxygen atoms in total. The summed E-state index contributed by atoms with van der Waals surface area (Å²) >= 11 is 0. The molecule has 1 aliphatic rings. The zero-order valence-corrected chi connectivity index (χ0v) is 9.16. The summed E-state index contributed by atoms with van der Waals surface area (Å²) in [6.45, 7) is 4.31. The van der Waals surface area contributed by atoms with Crippen LogP contribution in [0.15, 0.2) is 23.2 Å². The summed E-state index contributed by atoms with van der Waals surface area (Å²) in [5, 5.41) is 0. The number of aliphatic imine (C=N–C) groups is 1. The Labute approximate surface area is 90.0 Å². The van der Waals surface area contributed by atoms with Gasteiger partial charge in [-0.3, -0.25) is 0 Å². The Balaban J connectivity index is 2.42. The van der Waals surface area contributed by atoms with Crippen LogP contribution in [0.5, 0.6) is 0 Å². The Bertz CT molecular complexity index is 392. The van der Waals surface area contributed by atoms with Crippen LogP contribution in [-0.4, -0.2) is 6.08 Å². The second kappa shape index (κ2) is 4.00. The van der Waals surface area contributed by atoms with Crippen LogP contribution in [0, 0.1) is 0 Å². The molecule has 0 radical (unpaired) electrons. The maximum absolute atomic E-state index is 10.3. The average Bonchev–Trinajstić information content (AvgIpc) is 3.01. The number of carbonyl (C=O) groups excluding carboxylic acids is 1. The molecule has 1 aliphatic carbocycles. The van der Waals surface area contributed by atoms with Crippen LogP contribution in [-0.2, 0) is 4.79 Å². The zero-order valence-electron chi connectivity index (χ0n) is 9.16. The Morgan fingerprint density at radius 3 is 2.60 bits per heavy atom. The summed E-state index contributed by atoms with van der Waals surface area (Å²) in [4.78, 5) is 14.0. The first-order chi connectivity index (χ1) is 7.20. The molecule has 1 saturated carbocycles. The first-order valence-corrected chi connectivity index (χ1v) is 5.43. The van der Waals surface area contributed by atoms with Gasteiger partial charge in [0.25, 0.3) is 0 Å². The molecule has 0 heterocycles. The van der Waals surface area contributed by atoms with Gasteiger partial charge in [0.1, 0.15) is 0 Å². The Hall–Kier alpha value is -1.40. The van der Waals surface area contributed by atoms with E-state index >= 15 is 0 Å². The summed E-state index contributed by atoms with van der Waals surface area (Å²) in [5.41, 5.74) is 3.33. The van der Waals surface area contributed by atoms with Gasteiger partial charge >= 0.3 is 0 Å². The standard InChI is InChI=1S/C13H15NO/c1-9(2)11-5-12(10-3-4-10)7-13(6-11)14-8-15/h5-7,9-10H,3-4H2,1-2H3. The number of benzene rings is 1. The molecule has 0 aliphatic heterocycles. The van der Waals surface area contributed by atoms with Gasteiger partial charge in [0.05, 0.1) is 5.69 Å². The highest BCUT2D eigenvalue weighted by atomic mass is 16.1. The van der Waals surface area contributed by atoms with Crippen LogP contribution in [0.2, 0.25) is 0 Å². The van der Waals surface area contributed by atoms with Crippen molar-refractivity contribution < 1.29 is 4.79 Å². The van der Waals surface area contributed by atoms with Crippen molar-refractivity contribution in [3.8, 4) is 0 Å². The van der Waals surface area contributed by atoms with Crippen LogP contribution in [0.1, 0.15) is 49.7 Å². The first-order valence-electron chi connectivity index (χ1n) is 5.43. The van der Waals surface area contributed by atoms with Crippen molar-refractivity contribution in [1.82, 2.24) is 0 Å². The molecule has 78 valence electrons. The zero-order chi connectivity index (χ0) is 10.8. The molecule has 0 amide bonds. The normalized spacial score (nSPS) is 15.1. The van der Waals surface area contributed by atoms with Gasteiger partial charge in [-0.2, -0.15) is 4.99 Å². The van der Waals surface area contributed by atoms with Crippen molar-refractivity contribution in [3.05, 3.63) is 29.3 Å². The molecule has 0 N–H and O–H groups in total. The van der Waals surface area contributed by atoms with E-state index in [-0.39, 0.29) is 0 Å².